The van der Waals surface area contributed by atoms with Crippen molar-refractivity contribution >= 4 is 33.5 Å². The summed E-state index contributed by atoms with van der Waals surface area (Å²) < 4.78 is 0.742. The molecule has 0 atom stereocenters. The van der Waals surface area contributed by atoms with Gasteiger partial charge in [-0.1, -0.05) is 0 Å². The van der Waals surface area contributed by atoms with Gasteiger partial charge in [0.05, 0.1) is 0 Å². The molecular formula is C9H7BrN2O2. The quantitative estimate of drug-likeness (QED) is 0.656. The molecule has 0 aromatic carbocycles. The van der Waals surface area contributed by atoms with Crippen LogP contribution >= 0.6 is 15.9 Å². The van der Waals surface area contributed by atoms with Crippen LogP contribution < -0.4 is 0 Å². The summed E-state index contributed by atoms with van der Waals surface area (Å²) in [5.41, 5.74) is 0.691. The van der Waals surface area contributed by atoms with Crippen LogP contribution in [0.4, 0.5) is 0 Å². The summed E-state index contributed by atoms with van der Waals surface area (Å²) in [6.45, 7) is 2.26. The van der Waals surface area contributed by atoms with Gasteiger partial charge in [0.15, 0.2) is 0 Å². The van der Waals surface area contributed by atoms with E-state index in [0.29, 0.717) is 18.0 Å². The van der Waals surface area contributed by atoms with Gasteiger partial charge in [0.1, 0.15) is 5.84 Å². The van der Waals surface area contributed by atoms with Gasteiger partial charge in [-0.15, -0.1) is 0 Å². The third-order valence-corrected chi connectivity index (χ3v) is 2.73. The van der Waals surface area contributed by atoms with E-state index >= 15 is 0 Å². The molecule has 0 N–H and O–H groups in total. The monoisotopic (exact) mass is 254 g/mol. The number of hydrogen-bond donors (Lipinski definition) is 0. The van der Waals surface area contributed by atoms with Gasteiger partial charge in [-0.3, -0.25) is 14.5 Å². The minimum absolute atomic E-state index is 0.453. The van der Waals surface area contributed by atoms with E-state index < -0.39 is 11.7 Å². The van der Waals surface area contributed by atoms with Crippen LogP contribution in [0, 0.1) is 0 Å². The second kappa shape index (κ2) is 3.16. The summed E-state index contributed by atoms with van der Waals surface area (Å²) in [6, 6.07) is 0. The first-order valence-electron chi connectivity index (χ1n) is 4.17. The van der Waals surface area contributed by atoms with Crippen molar-refractivity contribution < 1.29 is 9.59 Å². The number of nitrogens with zero attached hydrogens (tertiary/aromatic N) is 2. The molecule has 0 unspecified atom stereocenters. The standard InChI is InChI=1S/C9H7BrN2O2/c1-2-12-8-5(6(10)4-11-8)3-7(13)9(12)14/h3-4H,2H2,1H3. The molecule has 4 nitrogen and oxygen atoms in total. The molecule has 2 rings (SSSR count). The van der Waals surface area contributed by atoms with Gasteiger partial charge in [0.2, 0.25) is 5.78 Å². The normalized spacial score (nSPS) is 20.4. The Morgan fingerprint density at radius 1 is 1.50 bits per heavy atom. The van der Waals surface area contributed by atoms with Gasteiger partial charge in [0, 0.05) is 28.9 Å². The first kappa shape index (κ1) is 9.33. The lowest BCUT2D eigenvalue weighted by Gasteiger charge is -2.24. The van der Waals surface area contributed by atoms with Crippen molar-refractivity contribution in [3.63, 3.8) is 0 Å². The van der Waals surface area contributed by atoms with Crippen molar-refractivity contribution in [3.8, 4) is 0 Å². The predicted molar refractivity (Wildman–Crippen MR) is 54.9 cm³/mol. The topological polar surface area (TPSA) is 49.7 Å². The number of rotatable bonds is 1. The van der Waals surface area contributed by atoms with E-state index in [2.05, 4.69) is 20.9 Å². The van der Waals surface area contributed by atoms with Crippen molar-refractivity contribution in [2.45, 2.75) is 6.92 Å². The van der Waals surface area contributed by atoms with Crippen LogP contribution in [0.1, 0.15) is 6.92 Å². The van der Waals surface area contributed by atoms with Crippen LogP contribution in [-0.4, -0.2) is 29.0 Å². The van der Waals surface area contributed by atoms with E-state index in [-0.39, 0.29) is 0 Å². The summed E-state index contributed by atoms with van der Waals surface area (Å²) >= 11 is 3.27. The van der Waals surface area contributed by atoms with Crippen LogP contribution in [0.25, 0.3) is 0 Å². The van der Waals surface area contributed by atoms with E-state index in [1.807, 2.05) is 6.92 Å². The molecular weight excluding hydrogens is 248 g/mol. The van der Waals surface area contributed by atoms with E-state index in [1.165, 1.54) is 11.0 Å². The number of amidine groups is 1. The lowest BCUT2D eigenvalue weighted by Crippen LogP contribution is -2.44. The van der Waals surface area contributed by atoms with Crippen molar-refractivity contribution in [3.05, 3.63) is 22.3 Å². The Kier molecular flexibility index (Phi) is 2.11. The predicted octanol–water partition coefficient (Wildman–Crippen LogP) is 0.992. The summed E-state index contributed by atoms with van der Waals surface area (Å²) in [5.74, 6) is -0.442. The third-order valence-electron chi connectivity index (χ3n) is 2.10. The Morgan fingerprint density at radius 3 is 2.86 bits per heavy atom. The zero-order chi connectivity index (χ0) is 10.3. The smallest absolute Gasteiger partial charge is 0.290 e. The Hall–Kier alpha value is -1.23. The molecule has 2 heterocycles. The highest BCUT2D eigenvalue weighted by atomic mass is 79.9. The molecule has 72 valence electrons. The van der Waals surface area contributed by atoms with Crippen LogP contribution in [0.15, 0.2) is 27.3 Å². The van der Waals surface area contributed by atoms with Gasteiger partial charge in [-0.05, 0) is 22.9 Å². The fraction of sp³-hybridized carbons (Fsp3) is 0.222. The molecule has 5 heteroatoms. The molecule has 1 amide bonds. The molecule has 0 aromatic heterocycles. The molecule has 0 radical (unpaired) electrons. The average molecular weight is 255 g/mol. The number of fused-ring (bicyclic) bond motifs is 1. The van der Waals surface area contributed by atoms with Crippen LogP contribution in [0.2, 0.25) is 0 Å². The Balaban J connectivity index is 2.50. The van der Waals surface area contributed by atoms with Crippen molar-refractivity contribution in [2.24, 2.45) is 4.99 Å². The molecule has 14 heavy (non-hydrogen) atoms. The first-order valence-corrected chi connectivity index (χ1v) is 4.96. The Bertz CT molecular complexity index is 421. The van der Waals surface area contributed by atoms with Gasteiger partial charge >= 0.3 is 0 Å². The van der Waals surface area contributed by atoms with Crippen molar-refractivity contribution in [1.82, 2.24) is 4.90 Å². The maximum Gasteiger partial charge on any atom is 0.299 e. The number of carbonyl (C=O) groups is 2. The largest absolute Gasteiger partial charge is 0.299 e. The van der Waals surface area contributed by atoms with Gasteiger partial charge in [-0.25, -0.2) is 4.99 Å². The molecule has 0 bridgehead atoms. The van der Waals surface area contributed by atoms with E-state index in [4.69, 9.17) is 0 Å². The SMILES string of the molecule is CCN1C(=O)C(=O)C=C2C(Br)=CN=C21. The number of likely N-dealkylation sites (N-methyl/N-ethyl adjacent to an activating group) is 1. The average Bonchev–Trinajstić information content (AvgIpc) is 2.51. The highest BCUT2D eigenvalue weighted by Crippen LogP contribution is 2.28. The van der Waals surface area contributed by atoms with Crippen LogP contribution in [0.5, 0.6) is 0 Å². The fourth-order valence-electron chi connectivity index (χ4n) is 1.43. The Labute approximate surface area is 89.1 Å². The molecule has 0 fully saturated rings. The zero-order valence-corrected chi connectivity index (χ0v) is 9.04. The van der Waals surface area contributed by atoms with Gasteiger partial charge < -0.3 is 0 Å². The number of ketones is 1. The van der Waals surface area contributed by atoms with E-state index in [0.717, 1.165) is 4.48 Å². The van der Waals surface area contributed by atoms with Gasteiger partial charge in [-0.2, -0.15) is 0 Å². The van der Waals surface area contributed by atoms with Crippen molar-refractivity contribution in [1.29, 1.82) is 0 Å². The fourth-order valence-corrected chi connectivity index (χ4v) is 1.82. The lowest BCUT2D eigenvalue weighted by atomic mass is 10.1. The van der Waals surface area contributed by atoms with Crippen LogP contribution in [-0.2, 0) is 9.59 Å². The third kappa shape index (κ3) is 1.16. The van der Waals surface area contributed by atoms with Crippen molar-refractivity contribution in [2.75, 3.05) is 6.54 Å². The van der Waals surface area contributed by atoms with E-state index in [9.17, 15) is 9.59 Å². The number of halogens is 1. The second-order valence-corrected chi connectivity index (χ2v) is 3.76. The molecule has 0 aromatic rings. The number of carbonyl (C=O) groups excluding carboxylic acids is 2. The maximum absolute atomic E-state index is 11.4. The summed E-state index contributed by atoms with van der Waals surface area (Å²) in [4.78, 5) is 28.1. The summed E-state index contributed by atoms with van der Waals surface area (Å²) in [6.07, 6.45) is 2.91. The zero-order valence-electron chi connectivity index (χ0n) is 7.45. The molecule has 0 saturated carbocycles. The highest BCUT2D eigenvalue weighted by molar-refractivity contribution is 9.12. The minimum Gasteiger partial charge on any atom is -0.290 e. The molecule has 2 aliphatic heterocycles. The van der Waals surface area contributed by atoms with Gasteiger partial charge in [0.25, 0.3) is 5.91 Å². The van der Waals surface area contributed by atoms with Crippen LogP contribution in [0.3, 0.4) is 0 Å². The maximum atomic E-state index is 11.4. The lowest BCUT2D eigenvalue weighted by molar-refractivity contribution is -0.139. The van der Waals surface area contributed by atoms with E-state index in [1.54, 1.807) is 6.20 Å². The summed E-state index contributed by atoms with van der Waals surface area (Å²) in [7, 11) is 0. The molecule has 0 saturated heterocycles. The highest BCUT2D eigenvalue weighted by Gasteiger charge is 2.33. The number of amides is 1. The first-order chi connectivity index (χ1) is 6.65. The summed E-state index contributed by atoms with van der Waals surface area (Å²) in [5, 5.41) is 0. The second-order valence-electron chi connectivity index (χ2n) is 2.90. The molecule has 2 aliphatic rings. The number of hydrogen-bond acceptors (Lipinski definition) is 3. The molecule has 0 spiro atoms. The number of aliphatic imine (C=N–C) groups is 1. The Morgan fingerprint density at radius 2 is 2.21 bits per heavy atom. The minimum atomic E-state index is -0.509. The molecule has 0 aliphatic carbocycles.